The lowest BCUT2D eigenvalue weighted by Gasteiger charge is -2.21. The molecule has 0 saturated carbocycles. The number of hydrogen-bond donors (Lipinski definition) is 2. The van der Waals surface area contributed by atoms with E-state index >= 15 is 0 Å². The van der Waals surface area contributed by atoms with Crippen LogP contribution < -0.4 is 5.73 Å². The molecule has 13 heavy (non-hydrogen) atoms. The molecule has 4 heteroatoms. The van der Waals surface area contributed by atoms with Crippen molar-refractivity contribution in [3.8, 4) is 0 Å². The molecule has 1 aromatic rings. The molecule has 0 unspecified atom stereocenters. The average Bonchev–Trinajstić information content (AvgIpc) is 2.53. The lowest BCUT2D eigenvalue weighted by atomic mass is 10.0. The zero-order valence-electron chi connectivity index (χ0n) is 8.03. The van der Waals surface area contributed by atoms with E-state index in [1.54, 1.807) is 6.20 Å². The number of nitrogens with zero attached hydrogens (tertiary/aromatic N) is 1. The summed E-state index contributed by atoms with van der Waals surface area (Å²) < 4.78 is 0. The molecule has 0 spiro atoms. The Morgan fingerprint density at radius 2 is 2.38 bits per heavy atom. The molecule has 74 valence electrons. The Morgan fingerprint density at radius 1 is 1.69 bits per heavy atom. The lowest BCUT2D eigenvalue weighted by molar-refractivity contribution is 0.0286. The first kappa shape index (κ1) is 10.6. The Morgan fingerprint density at radius 3 is 2.85 bits per heavy atom. The normalized spacial score (nSPS) is 16.1. The SMILES string of the molecule is CC(C)CC[C@@](N)(O)c1nccs1. The van der Waals surface area contributed by atoms with Crippen molar-refractivity contribution in [1.82, 2.24) is 4.98 Å². The van der Waals surface area contributed by atoms with Crippen LogP contribution in [0.15, 0.2) is 11.6 Å². The molecule has 0 fully saturated rings. The smallest absolute Gasteiger partial charge is 0.166 e. The molecule has 0 amide bonds. The number of thiazole rings is 1. The highest BCUT2D eigenvalue weighted by atomic mass is 32.1. The number of nitrogens with two attached hydrogens (primary N) is 1. The summed E-state index contributed by atoms with van der Waals surface area (Å²) in [5.41, 5.74) is 4.50. The van der Waals surface area contributed by atoms with Gasteiger partial charge in [0.05, 0.1) is 0 Å². The van der Waals surface area contributed by atoms with E-state index in [2.05, 4.69) is 18.8 Å². The van der Waals surface area contributed by atoms with Gasteiger partial charge < -0.3 is 5.11 Å². The fraction of sp³-hybridized carbons (Fsp3) is 0.667. The van der Waals surface area contributed by atoms with Crippen molar-refractivity contribution < 1.29 is 5.11 Å². The maximum absolute atomic E-state index is 9.85. The predicted octanol–water partition coefficient (Wildman–Crippen LogP) is 1.68. The Balaban J connectivity index is 2.56. The maximum Gasteiger partial charge on any atom is 0.166 e. The first-order valence-corrected chi connectivity index (χ1v) is 5.31. The second-order valence-electron chi connectivity index (χ2n) is 3.69. The highest BCUT2D eigenvalue weighted by Crippen LogP contribution is 2.24. The largest absolute Gasteiger partial charge is 0.369 e. The number of rotatable bonds is 4. The molecule has 3 nitrogen and oxygen atoms in total. The summed E-state index contributed by atoms with van der Waals surface area (Å²) in [7, 11) is 0. The fourth-order valence-electron chi connectivity index (χ4n) is 1.05. The summed E-state index contributed by atoms with van der Waals surface area (Å²) >= 11 is 1.40. The van der Waals surface area contributed by atoms with Crippen molar-refractivity contribution in [2.24, 2.45) is 11.7 Å². The molecule has 1 aromatic heterocycles. The quantitative estimate of drug-likeness (QED) is 0.727. The van der Waals surface area contributed by atoms with Gasteiger partial charge in [0.2, 0.25) is 0 Å². The summed E-state index contributed by atoms with van der Waals surface area (Å²) in [5.74, 6) is 0.551. The first-order chi connectivity index (χ1) is 6.02. The van der Waals surface area contributed by atoms with E-state index in [-0.39, 0.29) is 0 Å². The van der Waals surface area contributed by atoms with Gasteiger partial charge in [0.15, 0.2) is 5.72 Å². The van der Waals surface area contributed by atoms with Crippen molar-refractivity contribution in [2.45, 2.75) is 32.4 Å². The third kappa shape index (κ3) is 3.06. The standard InChI is InChI=1S/C9H16N2OS/c1-7(2)3-4-9(10,12)8-11-5-6-13-8/h5-7,12H,3-4,10H2,1-2H3/t9-/m1/s1. The zero-order chi connectivity index (χ0) is 9.90. The molecule has 0 aliphatic heterocycles. The van der Waals surface area contributed by atoms with E-state index in [4.69, 9.17) is 5.73 Å². The van der Waals surface area contributed by atoms with Crippen molar-refractivity contribution in [3.63, 3.8) is 0 Å². The van der Waals surface area contributed by atoms with Gasteiger partial charge in [-0.3, -0.25) is 5.73 Å². The van der Waals surface area contributed by atoms with Gasteiger partial charge in [-0.15, -0.1) is 11.3 Å². The molecule has 0 aromatic carbocycles. The summed E-state index contributed by atoms with van der Waals surface area (Å²) in [4.78, 5) is 4.01. The van der Waals surface area contributed by atoms with E-state index in [9.17, 15) is 5.11 Å². The molecule has 0 saturated heterocycles. The van der Waals surface area contributed by atoms with Gasteiger partial charge in [0, 0.05) is 11.6 Å². The Bertz CT molecular complexity index is 244. The molecular weight excluding hydrogens is 184 g/mol. The summed E-state index contributed by atoms with van der Waals surface area (Å²) in [6.45, 7) is 4.22. The van der Waals surface area contributed by atoms with Gasteiger partial charge in [0.25, 0.3) is 0 Å². The highest BCUT2D eigenvalue weighted by molar-refractivity contribution is 7.09. The topological polar surface area (TPSA) is 59.1 Å². The van der Waals surface area contributed by atoms with E-state index in [0.29, 0.717) is 17.3 Å². The predicted molar refractivity (Wildman–Crippen MR) is 54.3 cm³/mol. The monoisotopic (exact) mass is 200 g/mol. The van der Waals surface area contributed by atoms with Gasteiger partial charge in [-0.25, -0.2) is 4.98 Å². The third-order valence-electron chi connectivity index (χ3n) is 1.91. The molecule has 3 N–H and O–H groups in total. The van der Waals surface area contributed by atoms with Gasteiger partial charge in [0.1, 0.15) is 5.01 Å². The van der Waals surface area contributed by atoms with Crippen LogP contribution in [0.25, 0.3) is 0 Å². The van der Waals surface area contributed by atoms with Crippen LogP contribution in [0.2, 0.25) is 0 Å². The van der Waals surface area contributed by atoms with Crippen LogP contribution in [0.5, 0.6) is 0 Å². The Labute approximate surface area is 82.6 Å². The molecule has 0 radical (unpaired) electrons. The minimum absolute atomic E-state index is 0.551. The summed E-state index contributed by atoms with van der Waals surface area (Å²) in [5, 5.41) is 12.3. The highest BCUT2D eigenvalue weighted by Gasteiger charge is 2.26. The van der Waals surface area contributed by atoms with E-state index in [1.165, 1.54) is 11.3 Å². The van der Waals surface area contributed by atoms with Crippen LogP contribution >= 0.6 is 11.3 Å². The second-order valence-corrected chi connectivity index (χ2v) is 4.59. The molecular formula is C9H16N2OS. The molecule has 0 aliphatic carbocycles. The van der Waals surface area contributed by atoms with Crippen LogP contribution in [-0.2, 0) is 5.72 Å². The van der Waals surface area contributed by atoms with Crippen LogP contribution in [0.1, 0.15) is 31.7 Å². The Hall–Kier alpha value is -0.450. The minimum Gasteiger partial charge on any atom is -0.369 e. The van der Waals surface area contributed by atoms with Crippen LogP contribution in [0, 0.1) is 5.92 Å². The third-order valence-corrected chi connectivity index (χ3v) is 2.85. The fourth-order valence-corrected chi connectivity index (χ4v) is 1.73. The molecule has 0 aliphatic rings. The number of hydrogen-bond acceptors (Lipinski definition) is 4. The van der Waals surface area contributed by atoms with Crippen LogP contribution in [0.3, 0.4) is 0 Å². The summed E-state index contributed by atoms with van der Waals surface area (Å²) in [6.07, 6.45) is 3.14. The maximum atomic E-state index is 9.85. The molecule has 0 bridgehead atoms. The average molecular weight is 200 g/mol. The van der Waals surface area contributed by atoms with Gasteiger partial charge in [-0.05, 0) is 18.8 Å². The Kier molecular flexibility index (Phi) is 3.41. The molecule has 1 atom stereocenters. The molecule has 1 rings (SSSR count). The zero-order valence-corrected chi connectivity index (χ0v) is 8.84. The second kappa shape index (κ2) is 4.17. The van der Waals surface area contributed by atoms with Crippen LogP contribution in [-0.4, -0.2) is 10.1 Å². The van der Waals surface area contributed by atoms with Gasteiger partial charge >= 0.3 is 0 Å². The van der Waals surface area contributed by atoms with Gasteiger partial charge in [-0.1, -0.05) is 13.8 Å². The van der Waals surface area contributed by atoms with Crippen LogP contribution in [0.4, 0.5) is 0 Å². The lowest BCUT2D eigenvalue weighted by Crippen LogP contribution is -2.36. The minimum atomic E-state index is -1.24. The van der Waals surface area contributed by atoms with Crippen molar-refractivity contribution in [1.29, 1.82) is 0 Å². The van der Waals surface area contributed by atoms with Gasteiger partial charge in [-0.2, -0.15) is 0 Å². The number of aliphatic hydroxyl groups is 1. The van der Waals surface area contributed by atoms with Crippen molar-refractivity contribution >= 4 is 11.3 Å². The summed E-state index contributed by atoms with van der Waals surface area (Å²) in [6, 6.07) is 0. The van der Waals surface area contributed by atoms with Crippen molar-refractivity contribution in [2.75, 3.05) is 0 Å². The molecule has 1 heterocycles. The van der Waals surface area contributed by atoms with Crippen molar-refractivity contribution in [3.05, 3.63) is 16.6 Å². The number of aromatic nitrogens is 1. The van der Waals surface area contributed by atoms with E-state index in [1.807, 2.05) is 5.38 Å². The first-order valence-electron chi connectivity index (χ1n) is 4.43. The van der Waals surface area contributed by atoms with E-state index < -0.39 is 5.72 Å². The van der Waals surface area contributed by atoms with E-state index in [0.717, 1.165) is 6.42 Å².